The molecule has 0 atom stereocenters. The highest BCUT2D eigenvalue weighted by molar-refractivity contribution is 9.10. The van der Waals surface area contributed by atoms with Gasteiger partial charge in [0, 0.05) is 22.3 Å². The zero-order valence-corrected chi connectivity index (χ0v) is 19.9. The highest BCUT2D eigenvalue weighted by Gasteiger charge is 2.12. The Kier molecular flexibility index (Phi) is 9.87. The van der Waals surface area contributed by atoms with E-state index in [0.717, 1.165) is 34.1 Å². The van der Waals surface area contributed by atoms with Gasteiger partial charge in [-0.15, -0.1) is 0 Å². The lowest BCUT2D eigenvalue weighted by atomic mass is 10.1. The zero-order valence-electron chi connectivity index (χ0n) is 18.3. The molecule has 3 N–H and O–H groups in total. The van der Waals surface area contributed by atoms with E-state index in [1.54, 1.807) is 18.2 Å². The summed E-state index contributed by atoms with van der Waals surface area (Å²) in [5.41, 5.74) is 5.51. The topological polar surface area (TPSA) is 109 Å². The molecule has 2 aromatic rings. The van der Waals surface area contributed by atoms with Gasteiger partial charge in [-0.2, -0.15) is 5.10 Å². The fourth-order valence-corrected chi connectivity index (χ4v) is 3.02. The van der Waals surface area contributed by atoms with Crippen LogP contribution in [0.3, 0.4) is 0 Å². The Morgan fingerprint density at radius 1 is 1.12 bits per heavy atom. The predicted octanol–water partition coefficient (Wildman–Crippen LogP) is 3.45. The lowest BCUT2D eigenvalue weighted by Gasteiger charge is -2.12. The first-order valence-electron chi connectivity index (χ1n) is 10.2. The van der Waals surface area contributed by atoms with E-state index in [1.165, 1.54) is 6.21 Å². The van der Waals surface area contributed by atoms with E-state index in [2.05, 4.69) is 37.1 Å². The standard InChI is InChI=1S/C23H27BrN4O4/c1-4-5-11-25-22(30)23(31)28-26-13-17-12-18(24)9-10-20(17)32-14-21(29)27-19-8-6-7-15(2)16(19)3/h6-10,12-13H,4-5,11,14H2,1-3H3,(H,25,30)(H,27,29)(H,28,31)/b26-13-. The summed E-state index contributed by atoms with van der Waals surface area (Å²) < 4.78 is 6.41. The Morgan fingerprint density at radius 2 is 1.91 bits per heavy atom. The van der Waals surface area contributed by atoms with Gasteiger partial charge < -0.3 is 15.4 Å². The maximum Gasteiger partial charge on any atom is 0.329 e. The highest BCUT2D eigenvalue weighted by atomic mass is 79.9. The third kappa shape index (κ3) is 7.81. The predicted molar refractivity (Wildman–Crippen MR) is 128 cm³/mol. The number of hydrogen-bond donors (Lipinski definition) is 3. The van der Waals surface area contributed by atoms with Crippen LogP contribution in [0.4, 0.5) is 5.69 Å². The summed E-state index contributed by atoms with van der Waals surface area (Å²) in [6.07, 6.45) is 3.05. The number of halogens is 1. The van der Waals surface area contributed by atoms with Gasteiger partial charge in [0.05, 0.1) is 6.21 Å². The third-order valence-corrected chi connectivity index (χ3v) is 5.09. The fraction of sp³-hybridized carbons (Fsp3) is 0.304. The molecule has 0 aliphatic heterocycles. The average molecular weight is 503 g/mol. The number of aryl methyl sites for hydroxylation is 1. The summed E-state index contributed by atoms with van der Waals surface area (Å²) in [5.74, 6) is -1.51. The van der Waals surface area contributed by atoms with E-state index in [4.69, 9.17) is 4.74 Å². The molecule has 2 rings (SSSR count). The first-order chi connectivity index (χ1) is 15.3. The number of nitrogens with zero attached hydrogens (tertiary/aromatic N) is 1. The summed E-state index contributed by atoms with van der Waals surface area (Å²) in [4.78, 5) is 35.8. The van der Waals surface area contributed by atoms with E-state index in [0.29, 0.717) is 17.9 Å². The van der Waals surface area contributed by atoms with Gasteiger partial charge in [-0.3, -0.25) is 14.4 Å². The monoisotopic (exact) mass is 502 g/mol. The van der Waals surface area contributed by atoms with Crippen LogP contribution in [0.2, 0.25) is 0 Å². The molecular weight excluding hydrogens is 476 g/mol. The Hall–Kier alpha value is -3.20. The van der Waals surface area contributed by atoms with E-state index in [-0.39, 0.29) is 12.5 Å². The van der Waals surface area contributed by atoms with Crippen molar-refractivity contribution < 1.29 is 19.1 Å². The molecule has 32 heavy (non-hydrogen) atoms. The first kappa shape index (κ1) is 25.1. The van der Waals surface area contributed by atoms with Crippen LogP contribution in [0.25, 0.3) is 0 Å². The minimum Gasteiger partial charge on any atom is -0.483 e. The normalized spacial score (nSPS) is 10.6. The van der Waals surface area contributed by atoms with E-state index >= 15 is 0 Å². The molecule has 0 radical (unpaired) electrons. The fourth-order valence-electron chi connectivity index (χ4n) is 2.64. The van der Waals surface area contributed by atoms with Crippen LogP contribution in [-0.4, -0.2) is 37.1 Å². The Labute approximate surface area is 195 Å². The molecule has 0 saturated heterocycles. The van der Waals surface area contributed by atoms with E-state index in [1.807, 2.05) is 39.0 Å². The van der Waals surface area contributed by atoms with Crippen LogP contribution in [-0.2, 0) is 14.4 Å². The molecule has 8 nitrogen and oxygen atoms in total. The molecular formula is C23H27BrN4O4. The number of carbonyl (C=O) groups excluding carboxylic acids is 3. The maximum atomic E-state index is 12.3. The molecule has 0 bridgehead atoms. The van der Waals surface area contributed by atoms with E-state index in [9.17, 15) is 14.4 Å². The van der Waals surface area contributed by atoms with Crippen molar-refractivity contribution in [2.75, 3.05) is 18.5 Å². The molecule has 0 spiro atoms. The minimum absolute atomic E-state index is 0.206. The van der Waals surface area contributed by atoms with E-state index < -0.39 is 11.8 Å². The van der Waals surface area contributed by atoms with Gasteiger partial charge in [0.25, 0.3) is 5.91 Å². The summed E-state index contributed by atoms with van der Waals surface area (Å²) in [6.45, 7) is 6.12. The van der Waals surface area contributed by atoms with Gasteiger partial charge in [-0.1, -0.05) is 41.4 Å². The minimum atomic E-state index is -0.859. The number of hydrogen-bond acceptors (Lipinski definition) is 5. The highest BCUT2D eigenvalue weighted by Crippen LogP contribution is 2.22. The number of nitrogens with one attached hydrogen (secondary N) is 3. The number of carbonyl (C=O) groups is 3. The summed E-state index contributed by atoms with van der Waals surface area (Å²) in [5, 5.41) is 9.17. The molecule has 0 saturated carbocycles. The molecule has 0 fully saturated rings. The van der Waals surface area contributed by atoms with Gasteiger partial charge in [-0.25, -0.2) is 5.43 Å². The van der Waals surface area contributed by atoms with Crippen molar-refractivity contribution in [3.05, 3.63) is 57.6 Å². The van der Waals surface area contributed by atoms with Crippen LogP contribution >= 0.6 is 15.9 Å². The molecule has 0 heterocycles. The van der Waals surface area contributed by atoms with Gasteiger partial charge in [-0.05, 0) is 55.7 Å². The number of hydrazone groups is 1. The number of anilines is 1. The lowest BCUT2D eigenvalue weighted by Crippen LogP contribution is -2.38. The van der Waals surface area contributed by atoms with Crippen molar-refractivity contribution in [1.82, 2.24) is 10.7 Å². The number of unbranched alkanes of at least 4 members (excludes halogenated alkanes) is 1. The summed E-state index contributed by atoms with van der Waals surface area (Å²) in [7, 11) is 0. The van der Waals surface area contributed by atoms with Gasteiger partial charge in [0.2, 0.25) is 0 Å². The smallest absolute Gasteiger partial charge is 0.329 e. The van der Waals surface area contributed by atoms with Crippen molar-refractivity contribution >= 4 is 45.6 Å². The third-order valence-electron chi connectivity index (χ3n) is 4.60. The molecule has 3 amide bonds. The largest absolute Gasteiger partial charge is 0.483 e. The van der Waals surface area contributed by atoms with Gasteiger partial charge in [0.15, 0.2) is 6.61 Å². The van der Waals surface area contributed by atoms with Gasteiger partial charge in [0.1, 0.15) is 5.75 Å². The molecule has 0 aromatic heterocycles. The quantitative estimate of drug-likeness (QED) is 0.211. The van der Waals surface area contributed by atoms with Crippen molar-refractivity contribution in [2.24, 2.45) is 5.10 Å². The van der Waals surface area contributed by atoms with Gasteiger partial charge >= 0.3 is 11.8 Å². The molecule has 0 aliphatic rings. The number of ether oxygens (including phenoxy) is 1. The Bertz CT molecular complexity index is 1010. The first-order valence-corrected chi connectivity index (χ1v) is 11.0. The second-order valence-corrected chi connectivity index (χ2v) is 7.99. The maximum absolute atomic E-state index is 12.3. The van der Waals surface area contributed by atoms with Crippen LogP contribution in [0, 0.1) is 13.8 Å². The summed E-state index contributed by atoms with van der Waals surface area (Å²) >= 11 is 3.37. The zero-order chi connectivity index (χ0) is 23.5. The van der Waals surface area contributed by atoms with Crippen LogP contribution in [0.1, 0.15) is 36.5 Å². The lowest BCUT2D eigenvalue weighted by molar-refractivity contribution is -0.139. The van der Waals surface area contributed by atoms with Crippen LogP contribution in [0.15, 0.2) is 46.0 Å². The molecule has 0 aliphatic carbocycles. The van der Waals surface area contributed by atoms with Crippen molar-refractivity contribution in [3.63, 3.8) is 0 Å². The molecule has 2 aromatic carbocycles. The van der Waals surface area contributed by atoms with Crippen molar-refractivity contribution in [2.45, 2.75) is 33.6 Å². The van der Waals surface area contributed by atoms with Crippen molar-refractivity contribution in [3.8, 4) is 5.75 Å². The Morgan fingerprint density at radius 3 is 2.66 bits per heavy atom. The Balaban J connectivity index is 1.96. The number of rotatable bonds is 9. The second-order valence-electron chi connectivity index (χ2n) is 7.08. The molecule has 0 unspecified atom stereocenters. The number of benzene rings is 2. The average Bonchev–Trinajstić information content (AvgIpc) is 2.76. The second kappa shape index (κ2) is 12.6. The molecule has 170 valence electrons. The van der Waals surface area contributed by atoms with Crippen LogP contribution < -0.4 is 20.8 Å². The SMILES string of the molecule is CCCCNC(=O)C(=O)N/N=C\c1cc(Br)ccc1OCC(=O)Nc1cccc(C)c1C. The van der Waals surface area contributed by atoms with Crippen molar-refractivity contribution in [1.29, 1.82) is 0 Å². The summed E-state index contributed by atoms with van der Waals surface area (Å²) in [6, 6.07) is 10.8. The molecule has 9 heteroatoms. The van der Waals surface area contributed by atoms with Crippen LogP contribution in [0.5, 0.6) is 5.75 Å². The number of amides is 3.